The number of nitrogens with zero attached hydrogens (tertiary/aromatic N) is 1. The van der Waals surface area contributed by atoms with Crippen molar-refractivity contribution in [3.8, 4) is 5.75 Å². The van der Waals surface area contributed by atoms with E-state index in [4.69, 9.17) is 15.2 Å². The van der Waals surface area contributed by atoms with Crippen LogP contribution in [0.25, 0.3) is 0 Å². The molecule has 1 aliphatic rings. The molecule has 0 saturated heterocycles. The van der Waals surface area contributed by atoms with Gasteiger partial charge in [-0.1, -0.05) is 36.4 Å². The number of allylic oxidation sites excluding steroid dienone is 1. The number of ether oxygens (including phenoxy) is 2. The third-order valence-electron chi connectivity index (χ3n) is 4.20. The van der Waals surface area contributed by atoms with Gasteiger partial charge >= 0.3 is 6.09 Å². The van der Waals surface area contributed by atoms with E-state index in [-0.39, 0.29) is 6.09 Å². The van der Waals surface area contributed by atoms with Crippen molar-refractivity contribution in [1.82, 2.24) is 4.90 Å². The number of benzene rings is 2. The van der Waals surface area contributed by atoms with Crippen LogP contribution in [0, 0.1) is 0 Å². The van der Waals surface area contributed by atoms with Gasteiger partial charge in [0.15, 0.2) is 5.75 Å². The molecule has 148 valence electrons. The predicted molar refractivity (Wildman–Crippen MR) is 110 cm³/mol. The smallest absolute Gasteiger partial charge is 0.410 e. The molecule has 0 saturated carbocycles. The van der Waals surface area contributed by atoms with Crippen LogP contribution in [0.1, 0.15) is 38.8 Å². The third kappa shape index (κ3) is 4.97. The zero-order chi connectivity index (χ0) is 20.3. The van der Waals surface area contributed by atoms with Crippen molar-refractivity contribution >= 4 is 11.8 Å². The van der Waals surface area contributed by atoms with Gasteiger partial charge in [-0.2, -0.15) is 0 Å². The molecule has 2 aromatic carbocycles. The first kappa shape index (κ1) is 19.6. The van der Waals surface area contributed by atoms with Gasteiger partial charge in [0.05, 0.1) is 5.69 Å². The van der Waals surface area contributed by atoms with Crippen molar-refractivity contribution in [1.29, 1.82) is 0 Å². The Morgan fingerprint density at radius 2 is 1.79 bits per heavy atom. The number of fused-ring (bicyclic) bond motifs is 1. The number of rotatable bonds is 4. The van der Waals surface area contributed by atoms with Crippen molar-refractivity contribution in [3.63, 3.8) is 0 Å². The van der Waals surface area contributed by atoms with E-state index >= 15 is 0 Å². The zero-order valence-electron chi connectivity index (χ0n) is 16.8. The fourth-order valence-electron chi connectivity index (χ4n) is 2.85. The largest absolute Gasteiger partial charge is 0.456 e. The number of hydrogen-bond donors (Lipinski definition) is 2. The lowest BCUT2D eigenvalue weighted by Gasteiger charge is -2.28. The second-order valence-corrected chi connectivity index (χ2v) is 7.85. The molecule has 1 heterocycles. The molecule has 0 unspecified atom stereocenters. The summed E-state index contributed by atoms with van der Waals surface area (Å²) in [7, 11) is 0. The van der Waals surface area contributed by atoms with Gasteiger partial charge in [-0.15, -0.1) is 0 Å². The van der Waals surface area contributed by atoms with Crippen LogP contribution in [0.2, 0.25) is 0 Å². The lowest BCUT2D eigenvalue weighted by atomic mass is 10.1. The van der Waals surface area contributed by atoms with Gasteiger partial charge in [0.1, 0.15) is 17.2 Å². The molecule has 0 aromatic heterocycles. The summed E-state index contributed by atoms with van der Waals surface area (Å²) in [5, 5.41) is 3.14. The minimum Gasteiger partial charge on any atom is -0.456 e. The number of amides is 1. The molecule has 0 radical (unpaired) electrons. The first-order valence-corrected chi connectivity index (χ1v) is 9.27. The number of carbonyl (C=O) groups excluding carboxylic acids is 1. The number of carbonyl (C=O) groups is 1. The maximum atomic E-state index is 12.8. The number of anilines is 1. The molecule has 28 heavy (non-hydrogen) atoms. The Morgan fingerprint density at radius 1 is 1.11 bits per heavy atom. The van der Waals surface area contributed by atoms with Crippen LogP contribution in [0.15, 0.2) is 60.1 Å². The second kappa shape index (κ2) is 7.84. The number of nitrogens with one attached hydrogen (secondary N) is 1. The average Bonchev–Trinajstić information content (AvgIpc) is 2.62. The predicted octanol–water partition coefficient (Wildman–Crippen LogP) is 4.58. The molecule has 0 spiro atoms. The lowest BCUT2D eigenvalue weighted by molar-refractivity contribution is 0.0216. The summed E-state index contributed by atoms with van der Waals surface area (Å²) in [6.07, 6.45) is -0.353. The normalized spacial score (nSPS) is 13.3. The average molecular weight is 381 g/mol. The van der Waals surface area contributed by atoms with E-state index in [1.165, 1.54) is 0 Å². The maximum absolute atomic E-state index is 12.8. The first-order chi connectivity index (χ1) is 13.2. The van der Waals surface area contributed by atoms with Gasteiger partial charge in [0, 0.05) is 13.1 Å². The molecule has 1 amide bonds. The van der Waals surface area contributed by atoms with E-state index in [0.717, 1.165) is 16.8 Å². The molecule has 6 heteroatoms. The quantitative estimate of drug-likeness (QED) is 0.811. The Labute approximate surface area is 165 Å². The highest BCUT2D eigenvalue weighted by atomic mass is 16.6. The fraction of sp³-hybridized carbons (Fsp3) is 0.318. The highest BCUT2D eigenvalue weighted by molar-refractivity contribution is 5.69. The van der Waals surface area contributed by atoms with E-state index in [2.05, 4.69) is 5.32 Å². The molecule has 3 N–H and O–H groups in total. The maximum Gasteiger partial charge on any atom is 0.410 e. The summed E-state index contributed by atoms with van der Waals surface area (Å²) < 4.78 is 11.3. The highest BCUT2D eigenvalue weighted by Crippen LogP contribution is 2.32. The summed E-state index contributed by atoms with van der Waals surface area (Å²) in [5.74, 6) is 1.83. The number of hydrogen-bond acceptors (Lipinski definition) is 5. The summed E-state index contributed by atoms with van der Waals surface area (Å²) in [6, 6.07) is 15.6. The van der Waals surface area contributed by atoms with E-state index in [0.29, 0.717) is 30.4 Å². The van der Waals surface area contributed by atoms with E-state index in [1.54, 1.807) is 4.90 Å². The van der Waals surface area contributed by atoms with Crippen LogP contribution in [-0.2, 0) is 17.8 Å². The van der Waals surface area contributed by atoms with Crippen LogP contribution in [0.4, 0.5) is 10.5 Å². The molecule has 0 aliphatic carbocycles. The van der Waals surface area contributed by atoms with Crippen molar-refractivity contribution in [2.24, 2.45) is 5.73 Å². The van der Waals surface area contributed by atoms with E-state index in [1.807, 2.05) is 76.2 Å². The zero-order valence-corrected chi connectivity index (χ0v) is 16.8. The molecule has 0 atom stereocenters. The molecule has 0 bridgehead atoms. The molecular formula is C22H27N3O3. The van der Waals surface area contributed by atoms with Crippen molar-refractivity contribution in [2.45, 2.75) is 46.4 Å². The van der Waals surface area contributed by atoms with Crippen molar-refractivity contribution in [2.75, 3.05) is 5.32 Å². The third-order valence-corrected chi connectivity index (χ3v) is 4.20. The minimum absolute atomic E-state index is 0.353. The topological polar surface area (TPSA) is 76.8 Å². The molecule has 6 nitrogen and oxygen atoms in total. The number of nitrogens with two attached hydrogens (primary N) is 1. The SMILES string of the molecule is CC1=C(N)Nc2cc(CN(Cc3ccccc3)C(=O)OC(C)(C)C)ccc2O1. The Balaban J connectivity index is 1.81. The van der Waals surface area contributed by atoms with Gasteiger partial charge in [-0.25, -0.2) is 4.79 Å². The van der Waals surface area contributed by atoms with Crippen LogP contribution in [0.3, 0.4) is 0 Å². The van der Waals surface area contributed by atoms with Crippen molar-refractivity contribution in [3.05, 3.63) is 71.2 Å². The lowest BCUT2D eigenvalue weighted by Crippen LogP contribution is -2.36. The van der Waals surface area contributed by atoms with Crippen LogP contribution in [-0.4, -0.2) is 16.6 Å². The minimum atomic E-state index is -0.561. The standard InChI is InChI=1S/C22H27N3O3/c1-15-20(23)24-18-12-17(10-11-19(18)27-15)14-25(21(26)28-22(2,3)4)13-16-8-6-5-7-9-16/h5-12,24H,13-14,23H2,1-4H3. The highest BCUT2D eigenvalue weighted by Gasteiger charge is 2.23. The first-order valence-electron chi connectivity index (χ1n) is 9.27. The van der Waals surface area contributed by atoms with E-state index < -0.39 is 5.60 Å². The van der Waals surface area contributed by atoms with Gasteiger partial charge < -0.3 is 20.5 Å². The van der Waals surface area contributed by atoms with E-state index in [9.17, 15) is 4.79 Å². The molecule has 0 fully saturated rings. The molecule has 1 aliphatic heterocycles. The Morgan fingerprint density at radius 3 is 2.46 bits per heavy atom. The second-order valence-electron chi connectivity index (χ2n) is 7.85. The van der Waals surface area contributed by atoms with Gasteiger partial charge in [-0.05, 0) is 51.0 Å². The Kier molecular flexibility index (Phi) is 5.49. The summed E-state index contributed by atoms with van der Waals surface area (Å²) in [4.78, 5) is 14.5. The van der Waals surface area contributed by atoms with Crippen molar-refractivity contribution < 1.29 is 14.3 Å². The molecule has 3 rings (SSSR count). The Bertz CT molecular complexity index is 886. The van der Waals surface area contributed by atoms with Gasteiger partial charge in [0.2, 0.25) is 0 Å². The molecule has 2 aromatic rings. The molecular weight excluding hydrogens is 354 g/mol. The fourth-order valence-corrected chi connectivity index (χ4v) is 2.85. The van der Waals surface area contributed by atoms with Gasteiger partial charge in [-0.3, -0.25) is 4.90 Å². The van der Waals surface area contributed by atoms with Crippen LogP contribution >= 0.6 is 0 Å². The Hall–Kier alpha value is -3.15. The van der Waals surface area contributed by atoms with Gasteiger partial charge in [0.25, 0.3) is 0 Å². The summed E-state index contributed by atoms with van der Waals surface area (Å²) in [5.41, 5.74) is 8.13. The summed E-state index contributed by atoms with van der Waals surface area (Å²) in [6.45, 7) is 8.26. The van der Waals surface area contributed by atoms with Crippen LogP contribution < -0.4 is 15.8 Å². The summed E-state index contributed by atoms with van der Waals surface area (Å²) >= 11 is 0. The monoisotopic (exact) mass is 381 g/mol. The van der Waals surface area contributed by atoms with Crippen LogP contribution in [0.5, 0.6) is 5.75 Å².